The van der Waals surface area contributed by atoms with Crippen molar-refractivity contribution in [2.75, 3.05) is 20.1 Å². The molecule has 1 atom stereocenters. The Labute approximate surface area is 180 Å². The number of hydrogen-bond donors (Lipinski definition) is 0. The molecule has 2 heterocycles. The molecular weight excluding hydrogens is 370 g/mol. The molecule has 1 unspecified atom stereocenters. The van der Waals surface area contributed by atoms with Crippen LogP contribution in [-0.2, 0) is 17.8 Å². The molecule has 1 saturated heterocycles. The molecule has 1 aliphatic heterocycles. The van der Waals surface area contributed by atoms with Crippen LogP contribution in [0.25, 0.3) is 0 Å². The van der Waals surface area contributed by atoms with E-state index in [9.17, 15) is 4.79 Å². The van der Waals surface area contributed by atoms with E-state index in [2.05, 4.69) is 70.4 Å². The zero-order valence-corrected chi connectivity index (χ0v) is 18.0. The van der Waals surface area contributed by atoms with E-state index >= 15 is 0 Å². The van der Waals surface area contributed by atoms with Crippen LogP contribution in [0, 0.1) is 5.92 Å². The molecule has 158 valence electrons. The van der Waals surface area contributed by atoms with Crippen LogP contribution in [0.5, 0.6) is 0 Å². The average molecular weight is 404 g/mol. The Balaban J connectivity index is 1.43. The first-order valence-electron chi connectivity index (χ1n) is 11.3. The zero-order valence-electron chi connectivity index (χ0n) is 18.0. The third kappa shape index (κ3) is 5.17. The van der Waals surface area contributed by atoms with Crippen molar-refractivity contribution in [3.05, 3.63) is 77.6 Å². The number of benzene rings is 1. The Kier molecular flexibility index (Phi) is 6.96. The highest BCUT2D eigenvalue weighted by atomic mass is 16.2. The van der Waals surface area contributed by atoms with E-state index in [0.717, 1.165) is 63.7 Å². The van der Waals surface area contributed by atoms with Crippen molar-refractivity contribution in [1.29, 1.82) is 0 Å². The van der Waals surface area contributed by atoms with Gasteiger partial charge in [-0.05, 0) is 74.8 Å². The van der Waals surface area contributed by atoms with E-state index in [0.29, 0.717) is 12.0 Å². The third-order valence-corrected chi connectivity index (χ3v) is 6.72. The summed E-state index contributed by atoms with van der Waals surface area (Å²) >= 11 is 0. The first-order chi connectivity index (χ1) is 14.7. The monoisotopic (exact) mass is 403 g/mol. The van der Waals surface area contributed by atoms with Crippen molar-refractivity contribution in [3.63, 3.8) is 0 Å². The molecule has 2 aromatic rings. The van der Waals surface area contributed by atoms with E-state index in [1.54, 1.807) is 0 Å². The first kappa shape index (κ1) is 20.8. The lowest BCUT2D eigenvalue weighted by Gasteiger charge is -2.40. The lowest BCUT2D eigenvalue weighted by molar-refractivity contribution is -0.128. The van der Waals surface area contributed by atoms with Gasteiger partial charge in [-0.3, -0.25) is 14.7 Å². The maximum absolute atomic E-state index is 12.8. The minimum absolute atomic E-state index is 0.288. The number of rotatable bonds is 7. The predicted molar refractivity (Wildman–Crippen MR) is 121 cm³/mol. The second kappa shape index (κ2) is 10.0. The van der Waals surface area contributed by atoms with Gasteiger partial charge in [0.2, 0.25) is 5.91 Å². The van der Waals surface area contributed by atoms with Gasteiger partial charge in [0, 0.05) is 43.6 Å². The molecule has 2 aliphatic rings. The van der Waals surface area contributed by atoms with Gasteiger partial charge in [-0.25, -0.2) is 0 Å². The van der Waals surface area contributed by atoms with Gasteiger partial charge in [-0.2, -0.15) is 0 Å². The number of nitrogens with zero attached hydrogens (tertiary/aromatic N) is 3. The summed E-state index contributed by atoms with van der Waals surface area (Å²) in [4.78, 5) is 21.5. The fourth-order valence-electron chi connectivity index (χ4n) is 4.99. The number of carbonyl (C=O) groups is 1. The SMILES string of the molecule is CN(Cc1ccncc1)C(Cc1ccccc1)C1CCN(C(=O)C2=CCCC2)CC1. The second-order valence-corrected chi connectivity index (χ2v) is 8.78. The summed E-state index contributed by atoms with van der Waals surface area (Å²) < 4.78 is 0. The number of piperidine rings is 1. The molecule has 30 heavy (non-hydrogen) atoms. The highest BCUT2D eigenvalue weighted by Crippen LogP contribution is 2.29. The van der Waals surface area contributed by atoms with Crippen LogP contribution in [0.2, 0.25) is 0 Å². The number of carbonyl (C=O) groups excluding carboxylic acids is 1. The van der Waals surface area contributed by atoms with Gasteiger partial charge in [0.1, 0.15) is 0 Å². The Hall–Kier alpha value is -2.46. The minimum atomic E-state index is 0.288. The Morgan fingerprint density at radius 1 is 1.10 bits per heavy atom. The molecule has 4 rings (SSSR count). The maximum Gasteiger partial charge on any atom is 0.249 e. The Bertz CT molecular complexity index is 841. The highest BCUT2D eigenvalue weighted by Gasteiger charge is 2.32. The number of allylic oxidation sites excluding steroid dienone is 1. The molecular formula is C26H33N3O. The third-order valence-electron chi connectivity index (χ3n) is 6.72. The summed E-state index contributed by atoms with van der Waals surface area (Å²) in [7, 11) is 2.24. The van der Waals surface area contributed by atoms with Crippen LogP contribution in [0.4, 0.5) is 0 Å². The lowest BCUT2D eigenvalue weighted by atomic mass is 9.84. The smallest absolute Gasteiger partial charge is 0.249 e. The van der Waals surface area contributed by atoms with E-state index < -0.39 is 0 Å². The first-order valence-corrected chi connectivity index (χ1v) is 11.3. The van der Waals surface area contributed by atoms with Crippen LogP contribution < -0.4 is 0 Å². The Morgan fingerprint density at radius 3 is 2.50 bits per heavy atom. The van der Waals surface area contributed by atoms with Crippen molar-refractivity contribution in [1.82, 2.24) is 14.8 Å². The predicted octanol–water partition coefficient (Wildman–Crippen LogP) is 4.47. The van der Waals surface area contributed by atoms with Crippen LogP contribution in [0.1, 0.15) is 43.2 Å². The van der Waals surface area contributed by atoms with Crippen molar-refractivity contribution < 1.29 is 4.79 Å². The quantitative estimate of drug-likeness (QED) is 0.684. The number of likely N-dealkylation sites (tertiary alicyclic amines) is 1. The molecule has 0 saturated carbocycles. The minimum Gasteiger partial charge on any atom is -0.339 e. The summed E-state index contributed by atoms with van der Waals surface area (Å²) in [5.41, 5.74) is 3.73. The number of pyridine rings is 1. The van der Waals surface area contributed by atoms with Gasteiger partial charge in [0.25, 0.3) is 0 Å². The number of hydrogen-bond acceptors (Lipinski definition) is 3. The van der Waals surface area contributed by atoms with E-state index in [1.807, 2.05) is 12.4 Å². The van der Waals surface area contributed by atoms with Crippen LogP contribution in [0.3, 0.4) is 0 Å². The van der Waals surface area contributed by atoms with E-state index in [1.165, 1.54) is 11.1 Å². The van der Waals surface area contributed by atoms with Gasteiger partial charge in [0.15, 0.2) is 0 Å². The molecule has 0 radical (unpaired) electrons. The lowest BCUT2D eigenvalue weighted by Crippen LogP contribution is -2.46. The van der Waals surface area contributed by atoms with Gasteiger partial charge in [-0.1, -0.05) is 36.4 Å². The topological polar surface area (TPSA) is 36.4 Å². The largest absolute Gasteiger partial charge is 0.339 e. The zero-order chi connectivity index (χ0) is 20.8. The van der Waals surface area contributed by atoms with Gasteiger partial charge in [-0.15, -0.1) is 0 Å². The molecule has 1 fully saturated rings. The average Bonchev–Trinajstić information content (AvgIpc) is 3.33. The molecule has 1 amide bonds. The molecule has 0 N–H and O–H groups in total. The highest BCUT2D eigenvalue weighted by molar-refractivity contribution is 5.93. The molecule has 1 aromatic carbocycles. The molecule has 4 heteroatoms. The van der Waals surface area contributed by atoms with Crippen LogP contribution in [0.15, 0.2) is 66.5 Å². The normalized spacial score (nSPS) is 18.5. The maximum atomic E-state index is 12.8. The summed E-state index contributed by atoms with van der Waals surface area (Å²) in [6.45, 7) is 2.69. The summed E-state index contributed by atoms with van der Waals surface area (Å²) in [5, 5.41) is 0. The van der Waals surface area contributed by atoms with Crippen molar-refractivity contribution >= 4 is 5.91 Å². The molecule has 1 aliphatic carbocycles. The van der Waals surface area contributed by atoms with Crippen molar-refractivity contribution in [2.45, 2.75) is 51.1 Å². The molecule has 1 aromatic heterocycles. The van der Waals surface area contributed by atoms with Crippen LogP contribution in [-0.4, -0.2) is 46.9 Å². The van der Waals surface area contributed by atoms with Crippen molar-refractivity contribution in [3.8, 4) is 0 Å². The Morgan fingerprint density at radius 2 is 1.83 bits per heavy atom. The van der Waals surface area contributed by atoms with Gasteiger partial charge >= 0.3 is 0 Å². The van der Waals surface area contributed by atoms with E-state index in [-0.39, 0.29) is 5.91 Å². The fraction of sp³-hybridized carbons (Fsp3) is 0.462. The summed E-state index contributed by atoms with van der Waals surface area (Å²) in [6, 6.07) is 15.5. The number of amides is 1. The number of likely N-dealkylation sites (N-methyl/N-ethyl adjacent to an activating group) is 1. The standard InChI is InChI=1S/C26H33N3O/c1-28(20-22-11-15-27-16-12-22)25(19-21-7-3-2-4-8-21)23-13-17-29(18-14-23)26(30)24-9-5-6-10-24/h2-4,7-9,11-12,15-16,23,25H,5-6,10,13-14,17-20H2,1H3. The fourth-order valence-corrected chi connectivity index (χ4v) is 4.99. The van der Waals surface area contributed by atoms with E-state index in [4.69, 9.17) is 0 Å². The summed E-state index contributed by atoms with van der Waals surface area (Å²) in [5.74, 6) is 0.884. The van der Waals surface area contributed by atoms with Crippen LogP contribution >= 0.6 is 0 Å². The molecule has 0 spiro atoms. The molecule has 4 nitrogen and oxygen atoms in total. The van der Waals surface area contributed by atoms with Gasteiger partial charge < -0.3 is 4.90 Å². The summed E-state index contributed by atoms with van der Waals surface area (Å²) in [6.07, 6.45) is 12.3. The number of aromatic nitrogens is 1. The van der Waals surface area contributed by atoms with Gasteiger partial charge in [0.05, 0.1) is 0 Å². The second-order valence-electron chi connectivity index (χ2n) is 8.78. The van der Waals surface area contributed by atoms with Crippen molar-refractivity contribution in [2.24, 2.45) is 5.92 Å². The molecule has 0 bridgehead atoms.